The molecule has 0 aliphatic rings. The van der Waals surface area contributed by atoms with E-state index in [2.05, 4.69) is 0 Å². The van der Waals surface area contributed by atoms with Crippen molar-refractivity contribution in [3.05, 3.63) is 58.7 Å². The van der Waals surface area contributed by atoms with E-state index in [1.54, 1.807) is 19.1 Å². The number of carboxylic acid groups (broad SMARTS) is 2. The van der Waals surface area contributed by atoms with Crippen molar-refractivity contribution in [1.29, 1.82) is 0 Å². The fraction of sp³-hybridized carbons (Fsp3) is 0.0625. The second-order valence-corrected chi connectivity index (χ2v) is 4.58. The van der Waals surface area contributed by atoms with E-state index in [4.69, 9.17) is 5.11 Å². The number of carbonyl (C=O) groups is 3. The van der Waals surface area contributed by atoms with Crippen LogP contribution >= 0.6 is 0 Å². The van der Waals surface area contributed by atoms with Gasteiger partial charge in [0.05, 0.1) is 11.1 Å². The summed E-state index contributed by atoms with van der Waals surface area (Å²) in [5.74, 6) is -2.27. The van der Waals surface area contributed by atoms with Crippen molar-refractivity contribution in [1.82, 2.24) is 0 Å². The number of hydrogen-bond donors (Lipinski definition) is 2. The third-order valence-electron chi connectivity index (χ3n) is 3.12. The normalized spacial score (nSPS) is 10.1. The average molecular weight is 284 g/mol. The zero-order valence-corrected chi connectivity index (χ0v) is 11.2. The smallest absolute Gasteiger partial charge is 0.336 e. The number of rotatable bonds is 4. The van der Waals surface area contributed by atoms with Gasteiger partial charge in [-0.25, -0.2) is 9.59 Å². The molecule has 0 atom stereocenters. The first kappa shape index (κ1) is 14.5. The van der Waals surface area contributed by atoms with Crippen molar-refractivity contribution in [2.75, 3.05) is 0 Å². The Morgan fingerprint density at radius 1 is 0.952 bits per heavy atom. The molecule has 5 nitrogen and oxygen atoms in total. The van der Waals surface area contributed by atoms with Gasteiger partial charge in [0.2, 0.25) is 0 Å². The molecule has 0 saturated carbocycles. The van der Waals surface area contributed by atoms with Crippen LogP contribution in [0.4, 0.5) is 0 Å². The van der Waals surface area contributed by atoms with Crippen LogP contribution in [0.1, 0.15) is 36.6 Å². The number of aromatic carboxylic acids is 2. The minimum absolute atomic E-state index is 0.00693. The van der Waals surface area contributed by atoms with Gasteiger partial charge in [-0.1, -0.05) is 23.8 Å². The Balaban J connectivity index is 2.76. The minimum Gasteiger partial charge on any atom is -0.478 e. The van der Waals surface area contributed by atoms with E-state index in [0.29, 0.717) is 17.4 Å². The van der Waals surface area contributed by atoms with E-state index in [9.17, 15) is 19.5 Å². The maximum absolute atomic E-state index is 11.4. The van der Waals surface area contributed by atoms with Gasteiger partial charge in [-0.2, -0.15) is 0 Å². The molecule has 5 heteroatoms. The lowest BCUT2D eigenvalue weighted by Gasteiger charge is -2.10. The van der Waals surface area contributed by atoms with Crippen molar-refractivity contribution in [3.63, 3.8) is 0 Å². The first-order valence-electron chi connectivity index (χ1n) is 6.11. The molecule has 0 fully saturated rings. The third-order valence-corrected chi connectivity index (χ3v) is 3.12. The molecule has 0 saturated heterocycles. The molecule has 0 aromatic heterocycles. The first-order chi connectivity index (χ1) is 9.93. The van der Waals surface area contributed by atoms with Gasteiger partial charge in [-0.15, -0.1) is 0 Å². The topological polar surface area (TPSA) is 91.7 Å². The van der Waals surface area contributed by atoms with E-state index in [0.717, 1.165) is 5.56 Å². The summed E-state index contributed by atoms with van der Waals surface area (Å²) < 4.78 is 0. The maximum atomic E-state index is 11.4. The predicted octanol–water partition coefficient (Wildman–Crippen LogP) is 2.87. The van der Waals surface area contributed by atoms with E-state index >= 15 is 0 Å². The Morgan fingerprint density at radius 2 is 1.67 bits per heavy atom. The lowest BCUT2D eigenvalue weighted by Crippen LogP contribution is -2.03. The molecular weight excluding hydrogens is 272 g/mol. The monoisotopic (exact) mass is 284 g/mol. The van der Waals surface area contributed by atoms with Crippen LogP contribution in [0, 0.1) is 6.92 Å². The molecule has 2 aromatic rings. The van der Waals surface area contributed by atoms with Crippen LogP contribution in [-0.2, 0) is 0 Å². The number of aryl methyl sites for hydroxylation is 1. The second kappa shape index (κ2) is 5.58. The second-order valence-electron chi connectivity index (χ2n) is 4.58. The predicted molar refractivity (Wildman–Crippen MR) is 75.9 cm³/mol. The van der Waals surface area contributed by atoms with Crippen LogP contribution in [0.5, 0.6) is 0 Å². The molecule has 2 aromatic carbocycles. The molecule has 2 rings (SSSR count). The van der Waals surface area contributed by atoms with Crippen LogP contribution in [0.25, 0.3) is 11.1 Å². The average Bonchev–Trinajstić information content (AvgIpc) is 2.46. The van der Waals surface area contributed by atoms with Crippen molar-refractivity contribution in [3.8, 4) is 11.1 Å². The first-order valence-corrected chi connectivity index (χ1v) is 6.11. The zero-order chi connectivity index (χ0) is 15.6. The van der Waals surface area contributed by atoms with Crippen molar-refractivity contribution in [2.45, 2.75) is 6.92 Å². The van der Waals surface area contributed by atoms with Gasteiger partial charge in [0.15, 0.2) is 6.29 Å². The Labute approximate surface area is 120 Å². The number of aldehydes is 1. The van der Waals surface area contributed by atoms with Gasteiger partial charge in [0.25, 0.3) is 0 Å². The highest BCUT2D eigenvalue weighted by atomic mass is 16.4. The number of carbonyl (C=O) groups excluding carboxylic acids is 1. The summed E-state index contributed by atoms with van der Waals surface area (Å²) >= 11 is 0. The quantitative estimate of drug-likeness (QED) is 0.842. The van der Waals surface area contributed by atoms with Crippen molar-refractivity contribution in [2.24, 2.45) is 0 Å². The summed E-state index contributed by atoms with van der Waals surface area (Å²) in [7, 11) is 0. The molecule has 0 radical (unpaired) electrons. The van der Waals surface area contributed by atoms with E-state index in [1.807, 2.05) is 0 Å². The Bertz CT molecular complexity index is 746. The molecule has 0 bridgehead atoms. The van der Waals surface area contributed by atoms with Gasteiger partial charge < -0.3 is 10.2 Å². The molecule has 21 heavy (non-hydrogen) atoms. The van der Waals surface area contributed by atoms with Crippen LogP contribution in [0.2, 0.25) is 0 Å². The lowest BCUT2D eigenvalue weighted by molar-refractivity contribution is 0.0687. The molecule has 0 heterocycles. The van der Waals surface area contributed by atoms with Gasteiger partial charge >= 0.3 is 11.9 Å². The van der Waals surface area contributed by atoms with Crippen LogP contribution in [0.15, 0.2) is 36.4 Å². The molecule has 0 aliphatic heterocycles. The van der Waals surface area contributed by atoms with Gasteiger partial charge in [0, 0.05) is 5.56 Å². The molecule has 106 valence electrons. The maximum Gasteiger partial charge on any atom is 0.336 e. The largest absolute Gasteiger partial charge is 0.478 e. The Kier molecular flexibility index (Phi) is 3.84. The highest BCUT2D eigenvalue weighted by Crippen LogP contribution is 2.28. The summed E-state index contributed by atoms with van der Waals surface area (Å²) in [6, 6.07) is 8.76. The van der Waals surface area contributed by atoms with Crippen LogP contribution < -0.4 is 0 Å². The fourth-order valence-electron chi connectivity index (χ4n) is 2.10. The lowest BCUT2D eigenvalue weighted by atomic mass is 9.93. The van der Waals surface area contributed by atoms with Gasteiger partial charge in [-0.3, -0.25) is 4.79 Å². The standard InChI is InChI=1S/C16H12O5/c1-9-2-5-12(14(6-9)16(20)21)13-7-10(15(18)19)3-4-11(13)8-17/h2-8H,1H3,(H,18,19)(H,20,21). The molecule has 0 amide bonds. The van der Waals surface area contributed by atoms with E-state index in [1.165, 1.54) is 24.3 Å². The van der Waals surface area contributed by atoms with Crippen LogP contribution in [-0.4, -0.2) is 28.4 Å². The summed E-state index contributed by atoms with van der Waals surface area (Å²) in [5, 5.41) is 18.3. The Morgan fingerprint density at radius 3 is 2.24 bits per heavy atom. The summed E-state index contributed by atoms with van der Waals surface area (Å²) in [6.07, 6.45) is 0.576. The molecule has 0 aliphatic carbocycles. The van der Waals surface area contributed by atoms with E-state index in [-0.39, 0.29) is 16.7 Å². The zero-order valence-electron chi connectivity index (χ0n) is 11.2. The molecule has 0 unspecified atom stereocenters. The van der Waals surface area contributed by atoms with Crippen LogP contribution in [0.3, 0.4) is 0 Å². The summed E-state index contributed by atoms with van der Waals surface area (Å²) in [6.45, 7) is 1.75. The van der Waals surface area contributed by atoms with Gasteiger partial charge in [-0.05, 0) is 36.2 Å². The SMILES string of the molecule is Cc1ccc(-c2cc(C(=O)O)ccc2C=O)c(C(=O)O)c1. The molecule has 2 N–H and O–H groups in total. The third kappa shape index (κ3) is 2.81. The highest BCUT2D eigenvalue weighted by Gasteiger charge is 2.16. The number of hydrogen-bond acceptors (Lipinski definition) is 3. The highest BCUT2D eigenvalue weighted by molar-refractivity contribution is 6.01. The van der Waals surface area contributed by atoms with E-state index < -0.39 is 11.9 Å². The van der Waals surface area contributed by atoms with Crippen molar-refractivity contribution < 1.29 is 24.6 Å². The molecular formula is C16H12O5. The summed E-state index contributed by atoms with van der Waals surface area (Å²) in [4.78, 5) is 33.5. The Hall–Kier alpha value is -2.95. The number of benzene rings is 2. The fourth-order valence-corrected chi connectivity index (χ4v) is 2.10. The van der Waals surface area contributed by atoms with Gasteiger partial charge in [0.1, 0.15) is 0 Å². The molecule has 0 spiro atoms. The number of carboxylic acids is 2. The minimum atomic E-state index is -1.14. The van der Waals surface area contributed by atoms with Crippen molar-refractivity contribution >= 4 is 18.2 Å². The summed E-state index contributed by atoms with van der Waals surface area (Å²) in [5.41, 5.74) is 1.64.